The number of nitrogens with one attached hydrogen (secondary N) is 1. The Morgan fingerprint density at radius 3 is 3.07 bits per heavy atom. The summed E-state index contributed by atoms with van der Waals surface area (Å²) >= 11 is 0. The second-order valence-corrected chi connectivity index (χ2v) is 3.23. The van der Waals surface area contributed by atoms with E-state index in [1.165, 1.54) is 13.0 Å². The molecule has 0 aliphatic carbocycles. The Bertz CT molecular complexity index is 378. The molecule has 1 amide bonds. The first-order chi connectivity index (χ1) is 6.70. The van der Waals surface area contributed by atoms with Crippen LogP contribution in [0, 0.1) is 5.82 Å². The molecule has 0 unspecified atom stereocenters. The Morgan fingerprint density at radius 2 is 2.36 bits per heavy atom. The summed E-state index contributed by atoms with van der Waals surface area (Å²) in [6.45, 7) is 2.67. The number of anilines is 2. The van der Waals surface area contributed by atoms with Gasteiger partial charge in [0.25, 0.3) is 0 Å². The van der Waals surface area contributed by atoms with Crippen LogP contribution in [0.5, 0.6) is 0 Å². The molecule has 1 N–H and O–H groups in total. The Kier molecular flexibility index (Phi) is 2.11. The molecule has 74 valence electrons. The minimum Gasteiger partial charge on any atom is -0.379 e. The number of halogens is 1. The number of hydrogen-bond acceptors (Lipinski definition) is 2. The number of carbonyl (C=O) groups excluding carboxylic acids is 1. The molecule has 1 aliphatic heterocycles. The highest BCUT2D eigenvalue weighted by molar-refractivity contribution is 5.96. The van der Waals surface area contributed by atoms with E-state index in [-0.39, 0.29) is 11.7 Å². The van der Waals surface area contributed by atoms with Gasteiger partial charge < -0.3 is 10.2 Å². The standard InChI is InChI=1S/C10H11FN2O/c1-7(14)13-6-5-12-10-8(11)3-2-4-9(10)13/h2-4,12H,5-6H2,1H3. The highest BCUT2D eigenvalue weighted by Crippen LogP contribution is 2.30. The van der Waals surface area contributed by atoms with Crippen LogP contribution >= 0.6 is 0 Å². The molecular formula is C10H11FN2O. The predicted molar refractivity (Wildman–Crippen MR) is 52.9 cm³/mol. The van der Waals surface area contributed by atoms with E-state index in [0.29, 0.717) is 24.5 Å². The van der Waals surface area contributed by atoms with Gasteiger partial charge in [-0.05, 0) is 12.1 Å². The third-order valence-corrected chi connectivity index (χ3v) is 2.30. The van der Waals surface area contributed by atoms with Crippen molar-refractivity contribution in [2.45, 2.75) is 6.92 Å². The lowest BCUT2D eigenvalue weighted by atomic mass is 10.2. The van der Waals surface area contributed by atoms with Crippen molar-refractivity contribution in [2.24, 2.45) is 0 Å². The summed E-state index contributed by atoms with van der Waals surface area (Å²) in [6, 6.07) is 4.73. The molecular weight excluding hydrogens is 183 g/mol. The summed E-state index contributed by atoms with van der Waals surface area (Å²) in [5.41, 5.74) is 1.05. The van der Waals surface area contributed by atoms with Gasteiger partial charge in [0.15, 0.2) is 0 Å². The van der Waals surface area contributed by atoms with Gasteiger partial charge in [-0.25, -0.2) is 4.39 Å². The van der Waals surface area contributed by atoms with Crippen molar-refractivity contribution in [3.8, 4) is 0 Å². The normalized spacial score (nSPS) is 14.6. The molecule has 1 aromatic rings. The van der Waals surface area contributed by atoms with E-state index >= 15 is 0 Å². The zero-order valence-electron chi connectivity index (χ0n) is 7.88. The molecule has 2 rings (SSSR count). The molecule has 0 fully saturated rings. The quantitative estimate of drug-likeness (QED) is 0.680. The predicted octanol–water partition coefficient (Wildman–Crippen LogP) is 1.60. The summed E-state index contributed by atoms with van der Waals surface area (Å²) in [5, 5.41) is 2.95. The fraction of sp³-hybridized carbons (Fsp3) is 0.300. The summed E-state index contributed by atoms with van der Waals surface area (Å²) in [6.07, 6.45) is 0. The lowest BCUT2D eigenvalue weighted by molar-refractivity contribution is -0.116. The molecule has 0 atom stereocenters. The minimum absolute atomic E-state index is 0.0571. The Morgan fingerprint density at radius 1 is 1.57 bits per heavy atom. The van der Waals surface area contributed by atoms with Crippen molar-refractivity contribution in [2.75, 3.05) is 23.3 Å². The van der Waals surface area contributed by atoms with Gasteiger partial charge in [-0.1, -0.05) is 6.07 Å². The van der Waals surface area contributed by atoms with Crippen LogP contribution in [0.15, 0.2) is 18.2 Å². The monoisotopic (exact) mass is 194 g/mol. The first-order valence-corrected chi connectivity index (χ1v) is 4.50. The SMILES string of the molecule is CC(=O)N1CCNc2c(F)cccc21. The number of amides is 1. The average Bonchev–Trinajstić information content (AvgIpc) is 2.17. The molecule has 1 heterocycles. The van der Waals surface area contributed by atoms with Gasteiger partial charge in [0.2, 0.25) is 5.91 Å². The molecule has 0 radical (unpaired) electrons. The smallest absolute Gasteiger partial charge is 0.223 e. The van der Waals surface area contributed by atoms with E-state index in [2.05, 4.69) is 5.32 Å². The maximum absolute atomic E-state index is 13.3. The summed E-state index contributed by atoms with van der Waals surface area (Å²) in [5.74, 6) is -0.369. The van der Waals surface area contributed by atoms with Crippen molar-refractivity contribution in [1.82, 2.24) is 0 Å². The Labute approximate surface area is 81.5 Å². The Hall–Kier alpha value is -1.58. The van der Waals surface area contributed by atoms with Crippen LogP contribution in [0.3, 0.4) is 0 Å². The Balaban J connectivity index is 2.49. The van der Waals surface area contributed by atoms with E-state index in [1.54, 1.807) is 17.0 Å². The highest BCUT2D eigenvalue weighted by atomic mass is 19.1. The highest BCUT2D eigenvalue weighted by Gasteiger charge is 2.21. The van der Waals surface area contributed by atoms with Crippen LogP contribution in [0.1, 0.15) is 6.92 Å². The molecule has 0 saturated heterocycles. The second kappa shape index (κ2) is 3.29. The van der Waals surface area contributed by atoms with Gasteiger partial charge in [0, 0.05) is 20.0 Å². The fourth-order valence-electron chi connectivity index (χ4n) is 1.65. The number of nitrogens with zero attached hydrogens (tertiary/aromatic N) is 1. The van der Waals surface area contributed by atoms with Crippen LogP contribution in [0.2, 0.25) is 0 Å². The summed E-state index contributed by atoms with van der Waals surface area (Å²) < 4.78 is 13.3. The molecule has 4 heteroatoms. The van der Waals surface area contributed by atoms with Crippen molar-refractivity contribution in [3.63, 3.8) is 0 Å². The van der Waals surface area contributed by atoms with Gasteiger partial charge >= 0.3 is 0 Å². The van der Waals surface area contributed by atoms with Gasteiger partial charge in [0.05, 0.1) is 11.4 Å². The van der Waals surface area contributed by atoms with Crippen LogP contribution in [-0.2, 0) is 4.79 Å². The van der Waals surface area contributed by atoms with Crippen LogP contribution in [0.4, 0.5) is 15.8 Å². The topological polar surface area (TPSA) is 32.3 Å². The van der Waals surface area contributed by atoms with Crippen molar-refractivity contribution < 1.29 is 9.18 Å². The van der Waals surface area contributed by atoms with E-state index in [0.717, 1.165) is 0 Å². The van der Waals surface area contributed by atoms with E-state index in [4.69, 9.17) is 0 Å². The maximum Gasteiger partial charge on any atom is 0.223 e. The molecule has 0 spiro atoms. The fourth-order valence-corrected chi connectivity index (χ4v) is 1.65. The van der Waals surface area contributed by atoms with E-state index in [9.17, 15) is 9.18 Å². The zero-order chi connectivity index (χ0) is 10.1. The summed E-state index contributed by atoms with van der Waals surface area (Å²) in [4.78, 5) is 12.8. The number of benzene rings is 1. The molecule has 3 nitrogen and oxygen atoms in total. The van der Waals surface area contributed by atoms with Crippen molar-refractivity contribution in [1.29, 1.82) is 0 Å². The maximum atomic E-state index is 13.3. The molecule has 14 heavy (non-hydrogen) atoms. The van der Waals surface area contributed by atoms with E-state index < -0.39 is 0 Å². The number of fused-ring (bicyclic) bond motifs is 1. The van der Waals surface area contributed by atoms with Crippen LogP contribution in [-0.4, -0.2) is 19.0 Å². The minimum atomic E-state index is -0.312. The zero-order valence-corrected chi connectivity index (χ0v) is 7.88. The van der Waals surface area contributed by atoms with Crippen molar-refractivity contribution in [3.05, 3.63) is 24.0 Å². The lowest BCUT2D eigenvalue weighted by Crippen LogP contribution is -2.37. The van der Waals surface area contributed by atoms with E-state index in [1.807, 2.05) is 0 Å². The lowest BCUT2D eigenvalue weighted by Gasteiger charge is -2.29. The number of para-hydroxylation sites is 1. The van der Waals surface area contributed by atoms with Crippen LogP contribution < -0.4 is 10.2 Å². The van der Waals surface area contributed by atoms with Crippen molar-refractivity contribution >= 4 is 17.3 Å². The molecule has 0 aromatic heterocycles. The largest absolute Gasteiger partial charge is 0.379 e. The van der Waals surface area contributed by atoms with Gasteiger partial charge in [-0.2, -0.15) is 0 Å². The second-order valence-electron chi connectivity index (χ2n) is 3.23. The van der Waals surface area contributed by atoms with Crippen LogP contribution in [0.25, 0.3) is 0 Å². The number of rotatable bonds is 0. The third kappa shape index (κ3) is 1.32. The van der Waals surface area contributed by atoms with Gasteiger partial charge in [0.1, 0.15) is 5.82 Å². The molecule has 0 saturated carbocycles. The average molecular weight is 194 g/mol. The first kappa shape index (κ1) is 8.99. The number of hydrogen-bond donors (Lipinski definition) is 1. The first-order valence-electron chi connectivity index (χ1n) is 4.50. The molecule has 1 aliphatic rings. The van der Waals surface area contributed by atoms with Gasteiger partial charge in [-0.15, -0.1) is 0 Å². The third-order valence-electron chi connectivity index (χ3n) is 2.30. The van der Waals surface area contributed by atoms with Gasteiger partial charge in [-0.3, -0.25) is 4.79 Å². The molecule has 1 aromatic carbocycles. The number of carbonyl (C=O) groups is 1. The molecule has 0 bridgehead atoms. The summed E-state index contributed by atoms with van der Waals surface area (Å²) in [7, 11) is 0.